The minimum Gasteiger partial charge on any atom is -0.351 e. The molecule has 2 bridgehead atoms. The van der Waals surface area contributed by atoms with Crippen molar-refractivity contribution in [2.24, 2.45) is 22.5 Å². The molecule has 0 unspecified atom stereocenters. The minimum atomic E-state index is -0.905. The average molecular weight is 250 g/mol. The Balaban J connectivity index is 2.33. The molecule has 3 amide bonds. The lowest BCUT2D eigenvalue weighted by Gasteiger charge is -2.31. The summed E-state index contributed by atoms with van der Waals surface area (Å²) in [6.07, 6.45) is 3.01. The van der Waals surface area contributed by atoms with Crippen molar-refractivity contribution >= 4 is 17.7 Å². The van der Waals surface area contributed by atoms with Crippen molar-refractivity contribution in [2.75, 3.05) is 0 Å². The van der Waals surface area contributed by atoms with Crippen LogP contribution in [-0.2, 0) is 9.59 Å². The highest BCUT2D eigenvalue weighted by atomic mass is 16.2. The molecule has 2 atom stereocenters. The standard InChI is InChI=1S/C13H18N2O3/c1-12(2)8-4-5-13(12,3)10(17)7(8)6-9(16)15-11(14)18/h6,8H,4-5H2,1-3H3,(H3,14,15,16,18)/t8-,13+/m0/s1. The van der Waals surface area contributed by atoms with Crippen molar-refractivity contribution in [1.82, 2.24) is 5.32 Å². The molecule has 0 heterocycles. The van der Waals surface area contributed by atoms with E-state index in [4.69, 9.17) is 5.73 Å². The normalized spacial score (nSPS) is 34.9. The van der Waals surface area contributed by atoms with E-state index >= 15 is 0 Å². The van der Waals surface area contributed by atoms with E-state index in [-0.39, 0.29) is 17.1 Å². The number of imide groups is 1. The second-order valence-electron chi connectivity index (χ2n) is 5.93. The van der Waals surface area contributed by atoms with E-state index in [0.29, 0.717) is 5.57 Å². The van der Waals surface area contributed by atoms with Gasteiger partial charge in [-0.15, -0.1) is 0 Å². The van der Waals surface area contributed by atoms with Gasteiger partial charge in [-0.1, -0.05) is 20.8 Å². The summed E-state index contributed by atoms with van der Waals surface area (Å²) >= 11 is 0. The second-order valence-corrected chi connectivity index (χ2v) is 5.93. The predicted molar refractivity (Wildman–Crippen MR) is 65.4 cm³/mol. The molecule has 0 aromatic carbocycles. The number of Topliss-reactive ketones (excluding diaryl/α,β-unsaturated/α-hetero) is 1. The molecule has 2 aliphatic rings. The maximum atomic E-state index is 12.4. The van der Waals surface area contributed by atoms with E-state index < -0.39 is 17.4 Å². The Bertz CT molecular complexity index is 479. The number of urea groups is 1. The molecule has 5 heteroatoms. The van der Waals surface area contributed by atoms with Gasteiger partial charge in [0.1, 0.15) is 0 Å². The molecule has 0 aromatic heterocycles. The summed E-state index contributed by atoms with van der Waals surface area (Å²) in [6, 6.07) is -0.905. The van der Waals surface area contributed by atoms with Gasteiger partial charge in [0.2, 0.25) is 0 Å². The van der Waals surface area contributed by atoms with E-state index in [2.05, 4.69) is 13.8 Å². The Hall–Kier alpha value is -1.65. The first kappa shape index (κ1) is 12.8. The molecule has 2 saturated carbocycles. The summed E-state index contributed by atoms with van der Waals surface area (Å²) in [4.78, 5) is 34.5. The quantitative estimate of drug-likeness (QED) is 0.684. The third-order valence-corrected chi connectivity index (χ3v) is 4.90. The van der Waals surface area contributed by atoms with Crippen LogP contribution in [0.15, 0.2) is 11.6 Å². The highest BCUT2D eigenvalue weighted by Crippen LogP contribution is 2.65. The number of carbonyl (C=O) groups is 3. The van der Waals surface area contributed by atoms with Crippen LogP contribution in [-0.4, -0.2) is 17.7 Å². The van der Waals surface area contributed by atoms with Gasteiger partial charge >= 0.3 is 6.03 Å². The van der Waals surface area contributed by atoms with Gasteiger partial charge < -0.3 is 5.73 Å². The zero-order valence-electron chi connectivity index (χ0n) is 10.9. The number of allylic oxidation sites excluding steroid dienone is 1. The second kappa shape index (κ2) is 3.67. The van der Waals surface area contributed by atoms with Crippen LogP contribution >= 0.6 is 0 Å². The fraction of sp³-hybridized carbons (Fsp3) is 0.615. The Morgan fingerprint density at radius 1 is 1.39 bits per heavy atom. The Kier molecular flexibility index (Phi) is 2.61. The van der Waals surface area contributed by atoms with Crippen LogP contribution in [0.2, 0.25) is 0 Å². The van der Waals surface area contributed by atoms with Crippen molar-refractivity contribution in [3.8, 4) is 0 Å². The molecule has 98 valence electrons. The number of amides is 3. The van der Waals surface area contributed by atoms with E-state index in [1.165, 1.54) is 6.08 Å². The lowest BCUT2D eigenvalue weighted by molar-refractivity contribution is -0.125. The largest absolute Gasteiger partial charge is 0.351 e. The van der Waals surface area contributed by atoms with Crippen LogP contribution < -0.4 is 11.1 Å². The van der Waals surface area contributed by atoms with E-state index in [0.717, 1.165) is 12.8 Å². The van der Waals surface area contributed by atoms with Crippen molar-refractivity contribution in [2.45, 2.75) is 33.6 Å². The fourth-order valence-electron chi connectivity index (χ4n) is 3.39. The average Bonchev–Trinajstić information content (AvgIpc) is 2.52. The Morgan fingerprint density at radius 3 is 2.44 bits per heavy atom. The minimum absolute atomic E-state index is 0.0309. The number of ketones is 1. The van der Waals surface area contributed by atoms with Crippen LogP contribution in [0, 0.1) is 16.7 Å². The molecular weight excluding hydrogens is 232 g/mol. The number of nitrogens with two attached hydrogens (primary N) is 1. The molecule has 18 heavy (non-hydrogen) atoms. The smallest absolute Gasteiger partial charge is 0.319 e. The Labute approximate surface area is 106 Å². The van der Waals surface area contributed by atoms with E-state index in [1.54, 1.807) is 0 Å². The first-order chi connectivity index (χ1) is 8.20. The fourth-order valence-corrected chi connectivity index (χ4v) is 3.39. The third kappa shape index (κ3) is 1.50. The number of nitrogens with one attached hydrogen (secondary N) is 1. The van der Waals surface area contributed by atoms with Crippen molar-refractivity contribution in [3.05, 3.63) is 11.6 Å². The topological polar surface area (TPSA) is 89.3 Å². The van der Waals surface area contributed by atoms with Gasteiger partial charge in [-0.25, -0.2) is 4.79 Å². The van der Waals surface area contributed by atoms with Crippen LogP contribution in [0.3, 0.4) is 0 Å². The first-order valence-electron chi connectivity index (χ1n) is 6.07. The molecule has 0 radical (unpaired) electrons. The number of carbonyl (C=O) groups excluding carboxylic acids is 3. The highest BCUT2D eigenvalue weighted by Gasteiger charge is 2.63. The van der Waals surface area contributed by atoms with Gasteiger partial charge in [0.25, 0.3) is 5.91 Å². The zero-order chi connectivity index (χ0) is 13.7. The molecule has 3 N–H and O–H groups in total. The van der Waals surface area contributed by atoms with Gasteiger partial charge in [0.05, 0.1) is 0 Å². The summed E-state index contributed by atoms with van der Waals surface area (Å²) in [5, 5.41) is 1.96. The van der Waals surface area contributed by atoms with Crippen LogP contribution in [0.5, 0.6) is 0 Å². The lowest BCUT2D eigenvalue weighted by Crippen LogP contribution is -2.35. The molecule has 2 aliphatic carbocycles. The molecule has 0 spiro atoms. The summed E-state index contributed by atoms with van der Waals surface area (Å²) < 4.78 is 0. The maximum Gasteiger partial charge on any atom is 0.319 e. The molecule has 2 rings (SSSR count). The van der Waals surface area contributed by atoms with Gasteiger partial charge in [-0.05, 0) is 24.2 Å². The third-order valence-electron chi connectivity index (χ3n) is 4.90. The molecule has 0 saturated heterocycles. The van der Waals surface area contributed by atoms with Crippen molar-refractivity contribution in [3.63, 3.8) is 0 Å². The van der Waals surface area contributed by atoms with Crippen LogP contribution in [0.4, 0.5) is 4.79 Å². The number of hydrogen-bond donors (Lipinski definition) is 2. The summed E-state index contributed by atoms with van der Waals surface area (Å²) in [5.41, 5.74) is 4.88. The number of primary amides is 1. The molecule has 0 aliphatic heterocycles. The first-order valence-corrected chi connectivity index (χ1v) is 6.07. The number of hydrogen-bond acceptors (Lipinski definition) is 3. The van der Waals surface area contributed by atoms with Gasteiger partial charge in [-0.3, -0.25) is 14.9 Å². The predicted octanol–water partition coefficient (Wildman–Crippen LogP) is 1.13. The van der Waals surface area contributed by atoms with E-state index in [1.807, 2.05) is 12.2 Å². The molecular formula is C13H18N2O3. The lowest BCUT2D eigenvalue weighted by atomic mass is 9.70. The molecule has 0 aromatic rings. The van der Waals surface area contributed by atoms with Gasteiger partial charge in [0, 0.05) is 17.1 Å². The SMILES string of the molecule is CC1(C)[C@H]2CC[C@]1(C)C(=O)C2=CC(=O)NC(N)=O. The molecule has 2 fully saturated rings. The Morgan fingerprint density at radius 2 is 2.00 bits per heavy atom. The maximum absolute atomic E-state index is 12.4. The van der Waals surface area contributed by atoms with E-state index in [9.17, 15) is 14.4 Å². The monoisotopic (exact) mass is 250 g/mol. The van der Waals surface area contributed by atoms with Crippen LogP contribution in [0.1, 0.15) is 33.6 Å². The van der Waals surface area contributed by atoms with Gasteiger partial charge in [-0.2, -0.15) is 0 Å². The van der Waals surface area contributed by atoms with Crippen molar-refractivity contribution in [1.29, 1.82) is 0 Å². The van der Waals surface area contributed by atoms with Crippen molar-refractivity contribution < 1.29 is 14.4 Å². The number of fused-ring (bicyclic) bond motifs is 2. The summed E-state index contributed by atoms with van der Waals surface area (Å²) in [6.45, 7) is 6.09. The summed E-state index contributed by atoms with van der Waals surface area (Å²) in [7, 11) is 0. The molecule has 5 nitrogen and oxygen atoms in total. The highest BCUT2D eigenvalue weighted by molar-refractivity contribution is 6.10. The number of rotatable bonds is 1. The zero-order valence-corrected chi connectivity index (χ0v) is 10.9. The van der Waals surface area contributed by atoms with Gasteiger partial charge in [0.15, 0.2) is 5.78 Å². The summed E-state index contributed by atoms with van der Waals surface area (Å²) in [5.74, 6) is -0.491. The van der Waals surface area contributed by atoms with Crippen LogP contribution in [0.25, 0.3) is 0 Å².